The molecule has 1 aliphatic rings. The molecule has 1 aliphatic carbocycles. The van der Waals surface area contributed by atoms with Crippen LogP contribution in [0.3, 0.4) is 0 Å². The molecular formula is C15H19Cl2NO2S. The number of nitrogens with one attached hydrogen (secondary N) is 1. The van der Waals surface area contributed by atoms with E-state index in [-0.39, 0.29) is 5.97 Å². The first-order valence-electron chi connectivity index (χ1n) is 6.96. The maximum atomic E-state index is 12.1. The Morgan fingerprint density at radius 1 is 1.48 bits per heavy atom. The van der Waals surface area contributed by atoms with E-state index in [9.17, 15) is 4.79 Å². The quantitative estimate of drug-likeness (QED) is 0.811. The van der Waals surface area contributed by atoms with Gasteiger partial charge >= 0.3 is 5.97 Å². The van der Waals surface area contributed by atoms with Gasteiger partial charge in [-0.05, 0) is 44.0 Å². The Kier molecular flexibility index (Phi) is 5.83. The molecule has 6 heteroatoms. The zero-order chi connectivity index (χ0) is 15.5. The van der Waals surface area contributed by atoms with Crippen LogP contribution in [0.5, 0.6) is 0 Å². The van der Waals surface area contributed by atoms with Gasteiger partial charge in [0.05, 0.1) is 17.2 Å². The molecule has 0 bridgehead atoms. The molecule has 1 saturated carbocycles. The molecule has 1 aromatic rings. The molecule has 0 heterocycles. The van der Waals surface area contributed by atoms with Crippen LogP contribution in [-0.2, 0) is 9.53 Å². The lowest BCUT2D eigenvalue weighted by Gasteiger charge is -2.27. The second-order valence-electron chi connectivity index (χ2n) is 5.16. The summed E-state index contributed by atoms with van der Waals surface area (Å²) in [6, 6.07) is 5.64. The number of benzene rings is 1. The highest BCUT2D eigenvalue weighted by Gasteiger charge is 2.45. The number of ether oxygens (including phenoxy) is 1. The van der Waals surface area contributed by atoms with Crippen LogP contribution < -0.4 is 5.32 Å². The highest BCUT2D eigenvalue weighted by Crippen LogP contribution is 2.41. The number of hydrogen-bond acceptors (Lipinski definition) is 4. The first-order chi connectivity index (χ1) is 10.0. The van der Waals surface area contributed by atoms with Gasteiger partial charge in [0.25, 0.3) is 0 Å². The topological polar surface area (TPSA) is 38.3 Å². The van der Waals surface area contributed by atoms with Crippen molar-refractivity contribution < 1.29 is 9.53 Å². The maximum Gasteiger partial charge on any atom is 0.326 e. The first-order valence-corrected chi connectivity index (χ1v) is 8.59. The minimum Gasteiger partial charge on any atom is -0.468 e. The fourth-order valence-electron chi connectivity index (χ4n) is 2.80. The van der Waals surface area contributed by atoms with Crippen molar-refractivity contribution in [3.8, 4) is 0 Å². The van der Waals surface area contributed by atoms with Gasteiger partial charge in [-0.1, -0.05) is 30.1 Å². The summed E-state index contributed by atoms with van der Waals surface area (Å²) >= 11 is 13.7. The number of likely N-dealkylation sites (N-methyl/N-ethyl adjacent to an activating group) is 1. The van der Waals surface area contributed by atoms with Crippen molar-refractivity contribution in [2.75, 3.05) is 13.7 Å². The Hall–Kier alpha value is -0.420. The molecule has 1 N–H and O–H groups in total. The number of rotatable bonds is 5. The summed E-state index contributed by atoms with van der Waals surface area (Å²) in [6.45, 7) is 2.75. The molecule has 3 nitrogen and oxygen atoms in total. The van der Waals surface area contributed by atoms with Crippen LogP contribution in [0.4, 0.5) is 0 Å². The molecule has 2 unspecified atom stereocenters. The van der Waals surface area contributed by atoms with Crippen LogP contribution in [0.1, 0.15) is 26.2 Å². The van der Waals surface area contributed by atoms with Gasteiger partial charge in [0, 0.05) is 10.1 Å². The van der Waals surface area contributed by atoms with Gasteiger partial charge in [-0.25, -0.2) is 0 Å². The fraction of sp³-hybridized carbons (Fsp3) is 0.533. The average molecular weight is 348 g/mol. The van der Waals surface area contributed by atoms with Crippen molar-refractivity contribution in [1.29, 1.82) is 0 Å². The van der Waals surface area contributed by atoms with E-state index in [1.807, 2.05) is 19.1 Å². The van der Waals surface area contributed by atoms with Crippen LogP contribution >= 0.6 is 35.0 Å². The van der Waals surface area contributed by atoms with E-state index in [1.54, 1.807) is 17.8 Å². The second kappa shape index (κ2) is 7.23. The third-order valence-corrected chi connectivity index (χ3v) is 5.76. The summed E-state index contributed by atoms with van der Waals surface area (Å²) < 4.78 is 4.97. The summed E-state index contributed by atoms with van der Waals surface area (Å²) in [7, 11) is 1.45. The minimum atomic E-state index is -0.544. The van der Waals surface area contributed by atoms with Crippen molar-refractivity contribution in [1.82, 2.24) is 5.32 Å². The van der Waals surface area contributed by atoms with E-state index in [4.69, 9.17) is 27.9 Å². The van der Waals surface area contributed by atoms with E-state index in [2.05, 4.69) is 5.32 Å². The number of esters is 1. The Morgan fingerprint density at radius 3 is 2.86 bits per heavy atom. The molecule has 2 atom stereocenters. The van der Waals surface area contributed by atoms with Crippen LogP contribution in [-0.4, -0.2) is 30.4 Å². The van der Waals surface area contributed by atoms with E-state index in [0.717, 1.165) is 30.7 Å². The lowest BCUT2D eigenvalue weighted by molar-refractivity contribution is -0.148. The maximum absolute atomic E-state index is 12.1. The van der Waals surface area contributed by atoms with Crippen molar-refractivity contribution >= 4 is 40.9 Å². The lowest BCUT2D eigenvalue weighted by atomic mass is 9.98. The molecule has 0 saturated heterocycles. The van der Waals surface area contributed by atoms with Crippen molar-refractivity contribution in [2.45, 2.75) is 41.9 Å². The molecule has 2 rings (SSSR count). The van der Waals surface area contributed by atoms with Crippen molar-refractivity contribution in [3.05, 3.63) is 28.2 Å². The highest BCUT2D eigenvalue weighted by molar-refractivity contribution is 8.00. The lowest BCUT2D eigenvalue weighted by Crippen LogP contribution is -2.50. The Balaban J connectivity index is 2.06. The highest BCUT2D eigenvalue weighted by atomic mass is 35.5. The van der Waals surface area contributed by atoms with Crippen LogP contribution in [0.2, 0.25) is 10.0 Å². The molecule has 1 aromatic carbocycles. The van der Waals surface area contributed by atoms with Gasteiger partial charge in [0.2, 0.25) is 0 Å². The SMILES string of the molecule is CCNC1(C(=O)OC)CCC(Sc2ccc(Cl)c(Cl)c2)C1. The van der Waals surface area contributed by atoms with Gasteiger partial charge in [-0.2, -0.15) is 0 Å². The number of hydrogen-bond donors (Lipinski definition) is 1. The normalized spacial score (nSPS) is 25.0. The van der Waals surface area contributed by atoms with Crippen LogP contribution in [0.25, 0.3) is 0 Å². The first kappa shape index (κ1) is 16.9. The van der Waals surface area contributed by atoms with Crippen LogP contribution in [0.15, 0.2) is 23.1 Å². The standard InChI is InChI=1S/C15H19Cl2NO2S/c1-3-18-15(14(19)20-2)7-6-11(9-15)21-10-4-5-12(16)13(17)8-10/h4-5,8,11,18H,3,6-7,9H2,1-2H3. The molecule has 1 fully saturated rings. The Labute approximate surface area is 139 Å². The number of carbonyl (C=O) groups excluding carboxylic acids is 1. The Bertz CT molecular complexity index is 526. The predicted octanol–water partition coefficient (Wildman–Crippen LogP) is 4.16. The summed E-state index contributed by atoms with van der Waals surface area (Å²) in [4.78, 5) is 13.2. The van der Waals surface area contributed by atoms with E-state index < -0.39 is 5.54 Å². The van der Waals surface area contributed by atoms with Gasteiger partial charge in [0.15, 0.2) is 0 Å². The van der Waals surface area contributed by atoms with E-state index >= 15 is 0 Å². The molecule has 0 aliphatic heterocycles. The van der Waals surface area contributed by atoms with Crippen molar-refractivity contribution in [2.24, 2.45) is 0 Å². The molecule has 0 radical (unpaired) electrons. The summed E-state index contributed by atoms with van der Waals surface area (Å²) in [5, 5.41) is 4.79. The zero-order valence-corrected chi connectivity index (χ0v) is 14.4. The molecule has 0 aromatic heterocycles. The summed E-state index contributed by atoms with van der Waals surface area (Å²) in [5.41, 5.74) is -0.544. The molecule has 21 heavy (non-hydrogen) atoms. The zero-order valence-electron chi connectivity index (χ0n) is 12.1. The second-order valence-corrected chi connectivity index (χ2v) is 7.35. The fourth-order valence-corrected chi connectivity index (χ4v) is 4.48. The van der Waals surface area contributed by atoms with E-state index in [1.165, 1.54) is 7.11 Å². The van der Waals surface area contributed by atoms with E-state index in [0.29, 0.717) is 15.3 Å². The van der Waals surface area contributed by atoms with Crippen LogP contribution in [0, 0.1) is 0 Å². The van der Waals surface area contributed by atoms with Crippen molar-refractivity contribution in [3.63, 3.8) is 0 Å². The summed E-state index contributed by atoms with van der Waals surface area (Å²) in [6.07, 6.45) is 2.53. The van der Waals surface area contributed by atoms with Gasteiger partial charge in [-0.3, -0.25) is 4.79 Å². The van der Waals surface area contributed by atoms with Gasteiger partial charge in [0.1, 0.15) is 5.54 Å². The minimum absolute atomic E-state index is 0.165. The number of halogens is 2. The molecule has 116 valence electrons. The number of thioether (sulfide) groups is 1. The summed E-state index contributed by atoms with van der Waals surface area (Å²) in [5.74, 6) is -0.165. The molecule has 0 spiro atoms. The van der Waals surface area contributed by atoms with Gasteiger partial charge in [-0.15, -0.1) is 11.8 Å². The Morgan fingerprint density at radius 2 is 2.24 bits per heavy atom. The predicted molar refractivity (Wildman–Crippen MR) is 88.4 cm³/mol. The molecule has 0 amide bonds. The third-order valence-electron chi connectivity index (χ3n) is 3.75. The molecular weight excluding hydrogens is 329 g/mol. The number of carbonyl (C=O) groups is 1. The monoisotopic (exact) mass is 347 g/mol. The smallest absolute Gasteiger partial charge is 0.326 e. The van der Waals surface area contributed by atoms with Gasteiger partial charge < -0.3 is 10.1 Å². The number of methoxy groups -OCH3 is 1. The average Bonchev–Trinajstić information content (AvgIpc) is 2.87. The third kappa shape index (κ3) is 3.86. The largest absolute Gasteiger partial charge is 0.468 e.